The van der Waals surface area contributed by atoms with Gasteiger partial charge >= 0.3 is 0 Å². The van der Waals surface area contributed by atoms with Gasteiger partial charge in [0.05, 0.1) is 18.3 Å². The molecule has 0 radical (unpaired) electrons. The molecule has 0 spiro atoms. The van der Waals surface area contributed by atoms with Crippen LogP contribution in [0.2, 0.25) is 0 Å². The molecule has 114 valence electrons. The highest BCUT2D eigenvalue weighted by Gasteiger charge is 2.29. The van der Waals surface area contributed by atoms with Gasteiger partial charge in [-0.05, 0) is 33.3 Å². The minimum absolute atomic E-state index is 0.0506. The van der Waals surface area contributed by atoms with E-state index in [0.717, 1.165) is 0 Å². The van der Waals surface area contributed by atoms with Gasteiger partial charge in [-0.15, -0.1) is 0 Å². The van der Waals surface area contributed by atoms with Crippen molar-refractivity contribution in [3.05, 3.63) is 22.5 Å². The molecule has 0 bridgehead atoms. The lowest BCUT2D eigenvalue weighted by atomic mass is 10.0. The number of hydrogen-bond acceptors (Lipinski definition) is 4. The fraction of sp³-hybridized carbons (Fsp3) is 0.533. The molecular formula is C15H21N3O3. The van der Waals surface area contributed by atoms with Crippen LogP contribution in [0.4, 0.5) is 0 Å². The third-order valence-corrected chi connectivity index (χ3v) is 4.03. The van der Waals surface area contributed by atoms with Crippen LogP contribution < -0.4 is 5.32 Å². The van der Waals surface area contributed by atoms with Gasteiger partial charge < -0.3 is 10.3 Å². The van der Waals surface area contributed by atoms with Crippen molar-refractivity contribution in [3.63, 3.8) is 0 Å². The maximum absolute atomic E-state index is 12.6. The van der Waals surface area contributed by atoms with Crippen LogP contribution in [0.25, 0.3) is 0 Å². The number of amides is 1. The molecule has 1 aliphatic heterocycles. The molecule has 0 aliphatic carbocycles. The first-order valence-corrected chi connectivity index (χ1v) is 7.08. The van der Waals surface area contributed by atoms with Crippen LogP contribution in [-0.4, -0.2) is 53.0 Å². The summed E-state index contributed by atoms with van der Waals surface area (Å²) < 4.78 is 0. The third kappa shape index (κ3) is 2.90. The number of rotatable bonds is 4. The summed E-state index contributed by atoms with van der Waals surface area (Å²) in [6.45, 7) is 8.29. The van der Waals surface area contributed by atoms with Crippen molar-refractivity contribution in [2.24, 2.45) is 0 Å². The molecule has 0 unspecified atom stereocenters. The largest absolute Gasteiger partial charge is 0.355 e. The monoisotopic (exact) mass is 291 g/mol. The predicted molar refractivity (Wildman–Crippen MR) is 78.6 cm³/mol. The van der Waals surface area contributed by atoms with Crippen LogP contribution in [-0.2, 0) is 4.79 Å². The highest BCUT2D eigenvalue weighted by atomic mass is 16.2. The number of carbonyl (C=O) groups is 3. The second-order valence-electron chi connectivity index (χ2n) is 5.54. The number of aryl methyl sites for hydroxylation is 1. The number of ketones is 2. The maximum atomic E-state index is 12.6. The number of hydrogen-bond donors (Lipinski definition) is 2. The first-order chi connectivity index (χ1) is 9.82. The van der Waals surface area contributed by atoms with Crippen LogP contribution in [0.15, 0.2) is 0 Å². The van der Waals surface area contributed by atoms with E-state index in [9.17, 15) is 14.4 Å². The molecule has 6 nitrogen and oxygen atoms in total. The van der Waals surface area contributed by atoms with Crippen molar-refractivity contribution >= 4 is 17.5 Å². The van der Waals surface area contributed by atoms with E-state index in [1.165, 1.54) is 6.92 Å². The van der Waals surface area contributed by atoms with Gasteiger partial charge in [0.15, 0.2) is 11.6 Å². The van der Waals surface area contributed by atoms with Gasteiger partial charge in [0.2, 0.25) is 5.91 Å². The summed E-state index contributed by atoms with van der Waals surface area (Å²) in [7, 11) is 0. The summed E-state index contributed by atoms with van der Waals surface area (Å²) in [5.74, 6) is -0.201. The van der Waals surface area contributed by atoms with Gasteiger partial charge in [0.25, 0.3) is 0 Å². The highest BCUT2D eigenvalue weighted by Crippen LogP contribution is 2.21. The molecule has 1 saturated heterocycles. The Balaban J connectivity index is 2.25. The SMILES string of the molecule is CC(=O)c1c(C)[nH]c(C(=O)[C@H](C)N2CCNC(=O)C2)c1C. The van der Waals surface area contributed by atoms with Crippen molar-refractivity contribution in [1.82, 2.24) is 15.2 Å². The molecule has 1 aliphatic rings. The number of aromatic amines is 1. The van der Waals surface area contributed by atoms with Crippen molar-refractivity contribution in [1.29, 1.82) is 0 Å². The zero-order valence-electron chi connectivity index (χ0n) is 12.9. The Morgan fingerprint density at radius 1 is 1.29 bits per heavy atom. The molecule has 0 saturated carbocycles. The zero-order chi connectivity index (χ0) is 15.7. The topological polar surface area (TPSA) is 82.3 Å². The summed E-state index contributed by atoms with van der Waals surface area (Å²) in [6.07, 6.45) is 0. The summed E-state index contributed by atoms with van der Waals surface area (Å²) in [6, 6.07) is -0.396. The number of carbonyl (C=O) groups excluding carboxylic acids is 3. The van der Waals surface area contributed by atoms with E-state index in [4.69, 9.17) is 0 Å². The minimum Gasteiger partial charge on any atom is -0.355 e. The van der Waals surface area contributed by atoms with Gasteiger partial charge in [-0.3, -0.25) is 19.3 Å². The molecular weight excluding hydrogens is 270 g/mol. The first kappa shape index (κ1) is 15.4. The van der Waals surface area contributed by atoms with E-state index >= 15 is 0 Å². The van der Waals surface area contributed by atoms with E-state index in [-0.39, 0.29) is 24.0 Å². The molecule has 1 atom stereocenters. The molecule has 2 heterocycles. The minimum atomic E-state index is -0.396. The third-order valence-electron chi connectivity index (χ3n) is 4.03. The van der Waals surface area contributed by atoms with Gasteiger partial charge in [0, 0.05) is 24.3 Å². The van der Waals surface area contributed by atoms with E-state index in [1.54, 1.807) is 20.8 Å². The van der Waals surface area contributed by atoms with E-state index < -0.39 is 6.04 Å². The first-order valence-electron chi connectivity index (χ1n) is 7.08. The van der Waals surface area contributed by atoms with E-state index in [2.05, 4.69) is 10.3 Å². The second kappa shape index (κ2) is 5.81. The van der Waals surface area contributed by atoms with E-state index in [1.807, 2.05) is 4.90 Å². The molecule has 0 aromatic carbocycles. The molecule has 1 aromatic heterocycles. The lowest BCUT2D eigenvalue weighted by Gasteiger charge is -2.30. The Hall–Kier alpha value is -1.95. The van der Waals surface area contributed by atoms with Gasteiger partial charge in [-0.25, -0.2) is 0 Å². The molecule has 2 N–H and O–H groups in total. The Labute approximate surface area is 123 Å². The van der Waals surface area contributed by atoms with Crippen LogP contribution in [0.5, 0.6) is 0 Å². The quantitative estimate of drug-likeness (QED) is 0.805. The van der Waals surface area contributed by atoms with Crippen LogP contribution >= 0.6 is 0 Å². The molecule has 1 fully saturated rings. The Bertz CT molecular complexity index is 604. The smallest absolute Gasteiger partial charge is 0.234 e. The van der Waals surface area contributed by atoms with Gasteiger partial charge in [-0.2, -0.15) is 0 Å². The van der Waals surface area contributed by atoms with E-state index in [0.29, 0.717) is 35.6 Å². The van der Waals surface area contributed by atoms with Crippen LogP contribution in [0.1, 0.15) is 46.0 Å². The predicted octanol–water partition coefficient (Wildman–Crippen LogP) is 0.837. The number of nitrogens with one attached hydrogen (secondary N) is 2. The fourth-order valence-electron chi connectivity index (χ4n) is 2.89. The Morgan fingerprint density at radius 3 is 2.48 bits per heavy atom. The Morgan fingerprint density at radius 2 is 1.95 bits per heavy atom. The van der Waals surface area contributed by atoms with Crippen molar-refractivity contribution in [3.8, 4) is 0 Å². The van der Waals surface area contributed by atoms with Gasteiger partial charge in [-0.1, -0.05) is 0 Å². The number of H-pyrrole nitrogens is 1. The van der Waals surface area contributed by atoms with Gasteiger partial charge in [0.1, 0.15) is 0 Å². The number of Topliss-reactive ketones (excluding diaryl/α,β-unsaturated/α-hetero) is 2. The maximum Gasteiger partial charge on any atom is 0.234 e. The average Bonchev–Trinajstić information content (AvgIpc) is 2.72. The molecule has 2 rings (SSSR count). The summed E-state index contributed by atoms with van der Waals surface area (Å²) in [5, 5.41) is 2.74. The fourth-order valence-corrected chi connectivity index (χ4v) is 2.89. The molecule has 1 aromatic rings. The highest BCUT2D eigenvalue weighted by molar-refractivity contribution is 6.05. The lowest BCUT2D eigenvalue weighted by molar-refractivity contribution is -0.124. The summed E-state index contributed by atoms with van der Waals surface area (Å²) in [4.78, 5) is 40.6. The van der Waals surface area contributed by atoms with Crippen molar-refractivity contribution in [2.45, 2.75) is 33.7 Å². The number of aromatic nitrogens is 1. The normalized spacial score (nSPS) is 17.4. The van der Waals surface area contributed by atoms with Crippen molar-refractivity contribution < 1.29 is 14.4 Å². The molecule has 6 heteroatoms. The van der Waals surface area contributed by atoms with Crippen LogP contribution in [0.3, 0.4) is 0 Å². The molecule has 1 amide bonds. The average molecular weight is 291 g/mol. The summed E-state index contributed by atoms with van der Waals surface area (Å²) >= 11 is 0. The Kier molecular flexibility index (Phi) is 4.27. The molecule has 21 heavy (non-hydrogen) atoms. The standard InChI is InChI=1S/C15H21N3O3/c1-8-13(11(4)19)9(2)17-14(8)15(21)10(3)18-6-5-16-12(20)7-18/h10,17H,5-7H2,1-4H3,(H,16,20)/t10-/m0/s1. The van der Waals surface area contributed by atoms with Crippen LogP contribution in [0, 0.1) is 13.8 Å². The summed E-state index contributed by atoms with van der Waals surface area (Å²) in [5.41, 5.74) is 2.46. The zero-order valence-corrected chi connectivity index (χ0v) is 12.9. The second-order valence-corrected chi connectivity index (χ2v) is 5.54. The number of nitrogens with zero attached hydrogens (tertiary/aromatic N) is 1. The number of piperazine rings is 1. The lowest BCUT2D eigenvalue weighted by Crippen LogP contribution is -2.53. The van der Waals surface area contributed by atoms with Crippen molar-refractivity contribution in [2.75, 3.05) is 19.6 Å².